The van der Waals surface area contributed by atoms with Gasteiger partial charge in [0.2, 0.25) is 0 Å². The SMILES string of the molecule is CC(C)c1[nH]nc2c(=O)[nH]c(Cc3c(F)cc(F)cc3F)nc12. The molecular formula is C15H13F3N4O. The highest BCUT2D eigenvalue weighted by Gasteiger charge is 2.17. The number of nitrogens with zero attached hydrogens (tertiary/aromatic N) is 2. The Hall–Kier alpha value is -2.64. The predicted molar refractivity (Wildman–Crippen MR) is 77.7 cm³/mol. The molecule has 5 nitrogen and oxygen atoms in total. The lowest BCUT2D eigenvalue weighted by Crippen LogP contribution is -2.13. The molecule has 3 rings (SSSR count). The van der Waals surface area contributed by atoms with Crippen LogP contribution in [0.1, 0.15) is 36.8 Å². The van der Waals surface area contributed by atoms with E-state index in [1.807, 2.05) is 13.8 Å². The van der Waals surface area contributed by atoms with E-state index in [1.54, 1.807) is 0 Å². The molecular weight excluding hydrogens is 309 g/mol. The fourth-order valence-corrected chi connectivity index (χ4v) is 2.37. The zero-order valence-electron chi connectivity index (χ0n) is 12.4. The first-order valence-electron chi connectivity index (χ1n) is 6.97. The number of halogens is 3. The minimum atomic E-state index is -1.03. The molecule has 23 heavy (non-hydrogen) atoms. The van der Waals surface area contributed by atoms with Gasteiger partial charge in [-0.1, -0.05) is 13.8 Å². The summed E-state index contributed by atoms with van der Waals surface area (Å²) in [6, 6.07) is 1.18. The van der Waals surface area contributed by atoms with Crippen LogP contribution in [0, 0.1) is 17.5 Å². The van der Waals surface area contributed by atoms with Crippen molar-refractivity contribution in [2.45, 2.75) is 26.2 Å². The Labute approximate surface area is 128 Å². The molecule has 0 fully saturated rings. The van der Waals surface area contributed by atoms with Crippen LogP contribution < -0.4 is 5.56 Å². The van der Waals surface area contributed by atoms with Crippen molar-refractivity contribution < 1.29 is 13.2 Å². The van der Waals surface area contributed by atoms with Crippen molar-refractivity contribution >= 4 is 11.0 Å². The second kappa shape index (κ2) is 5.53. The molecule has 1 aromatic carbocycles. The summed E-state index contributed by atoms with van der Waals surface area (Å²) >= 11 is 0. The van der Waals surface area contributed by atoms with Crippen LogP contribution in [0.3, 0.4) is 0 Å². The van der Waals surface area contributed by atoms with Crippen LogP contribution in [0.15, 0.2) is 16.9 Å². The standard InChI is InChI=1S/C15H13F3N4O/c1-6(2)12-13-14(22-21-12)15(23)20-11(19-13)5-8-9(17)3-7(16)4-10(8)18/h3-4,6H,5H2,1-2H3,(H,21,22)(H,19,20,23). The summed E-state index contributed by atoms with van der Waals surface area (Å²) in [6.45, 7) is 3.80. The molecule has 0 bridgehead atoms. The first-order chi connectivity index (χ1) is 10.9. The molecule has 0 unspecified atom stereocenters. The minimum Gasteiger partial charge on any atom is -0.308 e. The lowest BCUT2D eigenvalue weighted by Gasteiger charge is -2.06. The molecule has 0 spiro atoms. The van der Waals surface area contributed by atoms with E-state index < -0.39 is 23.0 Å². The Morgan fingerprint density at radius 3 is 2.39 bits per heavy atom. The van der Waals surface area contributed by atoms with E-state index in [2.05, 4.69) is 20.2 Å². The van der Waals surface area contributed by atoms with E-state index in [4.69, 9.17) is 0 Å². The highest BCUT2D eigenvalue weighted by atomic mass is 19.1. The lowest BCUT2D eigenvalue weighted by atomic mass is 10.1. The number of aromatic nitrogens is 4. The number of H-pyrrole nitrogens is 2. The van der Waals surface area contributed by atoms with Gasteiger partial charge < -0.3 is 4.98 Å². The minimum absolute atomic E-state index is 0.0430. The quantitative estimate of drug-likeness (QED) is 0.778. The number of hydrogen-bond acceptors (Lipinski definition) is 3. The summed E-state index contributed by atoms with van der Waals surface area (Å²) in [4.78, 5) is 18.7. The first-order valence-corrected chi connectivity index (χ1v) is 6.97. The molecule has 0 saturated heterocycles. The summed E-state index contributed by atoms with van der Waals surface area (Å²) < 4.78 is 40.4. The maximum absolute atomic E-state index is 13.7. The maximum Gasteiger partial charge on any atom is 0.279 e. The van der Waals surface area contributed by atoms with Crippen molar-refractivity contribution in [3.8, 4) is 0 Å². The third kappa shape index (κ3) is 2.71. The van der Waals surface area contributed by atoms with Crippen molar-refractivity contribution in [3.05, 3.63) is 57.0 Å². The van der Waals surface area contributed by atoms with E-state index in [0.29, 0.717) is 23.3 Å². The van der Waals surface area contributed by atoms with Crippen LogP contribution in [-0.4, -0.2) is 20.2 Å². The van der Waals surface area contributed by atoms with Crippen LogP contribution in [0.5, 0.6) is 0 Å². The molecule has 0 amide bonds. The Balaban J connectivity index is 2.11. The van der Waals surface area contributed by atoms with E-state index >= 15 is 0 Å². The van der Waals surface area contributed by atoms with Crippen LogP contribution in [0.4, 0.5) is 13.2 Å². The van der Waals surface area contributed by atoms with Gasteiger partial charge in [-0.25, -0.2) is 18.2 Å². The van der Waals surface area contributed by atoms with Crippen molar-refractivity contribution in [2.24, 2.45) is 0 Å². The van der Waals surface area contributed by atoms with Gasteiger partial charge >= 0.3 is 0 Å². The van der Waals surface area contributed by atoms with Gasteiger partial charge in [-0.15, -0.1) is 0 Å². The van der Waals surface area contributed by atoms with Crippen LogP contribution in [0.2, 0.25) is 0 Å². The van der Waals surface area contributed by atoms with Crippen molar-refractivity contribution in [2.75, 3.05) is 0 Å². The van der Waals surface area contributed by atoms with Gasteiger partial charge in [-0.05, 0) is 5.92 Å². The summed E-state index contributed by atoms with van der Waals surface area (Å²) in [5, 5.41) is 6.65. The molecule has 2 heterocycles. The van der Waals surface area contributed by atoms with E-state index in [1.165, 1.54) is 0 Å². The fourth-order valence-electron chi connectivity index (χ4n) is 2.37. The molecule has 0 aliphatic carbocycles. The zero-order valence-corrected chi connectivity index (χ0v) is 12.4. The molecule has 0 radical (unpaired) electrons. The molecule has 0 aliphatic rings. The predicted octanol–water partition coefficient (Wildman–Crippen LogP) is 2.78. The normalized spacial score (nSPS) is 11.6. The van der Waals surface area contributed by atoms with E-state index in [-0.39, 0.29) is 29.2 Å². The van der Waals surface area contributed by atoms with Gasteiger partial charge in [-0.2, -0.15) is 5.10 Å². The molecule has 0 saturated carbocycles. The van der Waals surface area contributed by atoms with Gasteiger partial charge in [0, 0.05) is 24.1 Å². The number of rotatable bonds is 3. The Kier molecular flexibility index (Phi) is 3.67. The van der Waals surface area contributed by atoms with Crippen LogP contribution >= 0.6 is 0 Å². The van der Waals surface area contributed by atoms with E-state index in [9.17, 15) is 18.0 Å². The summed E-state index contributed by atoms with van der Waals surface area (Å²) in [7, 11) is 0. The summed E-state index contributed by atoms with van der Waals surface area (Å²) in [5.41, 5.74) is 0.297. The number of fused-ring (bicyclic) bond motifs is 1. The highest BCUT2D eigenvalue weighted by Crippen LogP contribution is 2.21. The number of hydrogen-bond donors (Lipinski definition) is 2. The summed E-state index contributed by atoms with van der Waals surface area (Å²) in [6.07, 6.45) is -0.300. The Morgan fingerprint density at radius 2 is 1.78 bits per heavy atom. The van der Waals surface area contributed by atoms with Crippen molar-refractivity contribution in [3.63, 3.8) is 0 Å². The highest BCUT2D eigenvalue weighted by molar-refractivity contribution is 5.76. The second-order valence-electron chi connectivity index (χ2n) is 5.53. The second-order valence-corrected chi connectivity index (χ2v) is 5.53. The van der Waals surface area contributed by atoms with Crippen molar-refractivity contribution in [1.82, 2.24) is 20.2 Å². The lowest BCUT2D eigenvalue weighted by molar-refractivity contribution is 0.526. The number of aromatic amines is 2. The largest absolute Gasteiger partial charge is 0.308 e. The molecule has 0 aliphatic heterocycles. The van der Waals surface area contributed by atoms with Gasteiger partial charge in [-0.3, -0.25) is 9.89 Å². The number of benzene rings is 1. The molecule has 3 aromatic rings. The third-order valence-electron chi connectivity index (χ3n) is 3.51. The average Bonchev–Trinajstić information content (AvgIpc) is 2.87. The Morgan fingerprint density at radius 1 is 1.13 bits per heavy atom. The molecule has 120 valence electrons. The summed E-state index contributed by atoms with van der Waals surface area (Å²) in [5.74, 6) is -2.93. The topological polar surface area (TPSA) is 74.4 Å². The third-order valence-corrected chi connectivity index (χ3v) is 3.51. The van der Waals surface area contributed by atoms with Gasteiger partial charge in [0.25, 0.3) is 5.56 Å². The van der Waals surface area contributed by atoms with Gasteiger partial charge in [0.1, 0.15) is 28.8 Å². The number of nitrogens with one attached hydrogen (secondary N) is 2. The monoisotopic (exact) mass is 322 g/mol. The van der Waals surface area contributed by atoms with E-state index in [0.717, 1.165) is 0 Å². The molecule has 2 N–H and O–H groups in total. The van der Waals surface area contributed by atoms with Crippen molar-refractivity contribution in [1.29, 1.82) is 0 Å². The Bertz CT molecular complexity index is 923. The van der Waals surface area contributed by atoms with Crippen LogP contribution in [0.25, 0.3) is 11.0 Å². The van der Waals surface area contributed by atoms with Gasteiger partial charge in [0.05, 0.1) is 5.69 Å². The van der Waals surface area contributed by atoms with Crippen LogP contribution in [-0.2, 0) is 6.42 Å². The molecule has 0 atom stereocenters. The average molecular weight is 322 g/mol. The van der Waals surface area contributed by atoms with Gasteiger partial charge in [0.15, 0.2) is 5.52 Å². The fraction of sp³-hybridized carbons (Fsp3) is 0.267. The molecule has 2 aromatic heterocycles. The first kappa shape index (κ1) is 15.3. The maximum atomic E-state index is 13.7. The molecule has 8 heteroatoms. The zero-order chi connectivity index (χ0) is 16.7. The smallest absolute Gasteiger partial charge is 0.279 e.